The maximum atomic E-state index is 9.32. The second-order valence-electron chi connectivity index (χ2n) is 6.04. The predicted molar refractivity (Wildman–Crippen MR) is 86.6 cm³/mol. The number of ether oxygens (including phenoxy) is 1. The number of aliphatic hydroxyl groups excluding tert-OH is 1. The van der Waals surface area contributed by atoms with E-state index in [4.69, 9.17) is 10.00 Å². The molecule has 4 heteroatoms. The normalized spacial score (nSPS) is 17.0. The van der Waals surface area contributed by atoms with Crippen LogP contribution in [0.25, 0.3) is 0 Å². The monoisotopic (exact) mass is 302 g/mol. The molecular weight excluding hydrogens is 276 g/mol. The van der Waals surface area contributed by atoms with Crippen molar-refractivity contribution in [2.24, 2.45) is 5.92 Å². The Hall–Kier alpha value is -1.57. The summed E-state index contributed by atoms with van der Waals surface area (Å²) >= 11 is 0. The van der Waals surface area contributed by atoms with Crippen molar-refractivity contribution < 1.29 is 9.84 Å². The molecular formula is C18H26N2O2. The van der Waals surface area contributed by atoms with Crippen LogP contribution in [0.15, 0.2) is 18.2 Å². The van der Waals surface area contributed by atoms with Gasteiger partial charge >= 0.3 is 0 Å². The zero-order valence-corrected chi connectivity index (χ0v) is 13.3. The highest BCUT2D eigenvalue weighted by Gasteiger charge is 2.22. The molecule has 0 bridgehead atoms. The smallest absolute Gasteiger partial charge is 0.136 e. The Morgan fingerprint density at radius 3 is 2.77 bits per heavy atom. The van der Waals surface area contributed by atoms with Crippen LogP contribution < -0.4 is 10.1 Å². The summed E-state index contributed by atoms with van der Waals surface area (Å²) in [5, 5.41) is 22.1. The van der Waals surface area contributed by atoms with E-state index in [1.807, 2.05) is 18.2 Å². The SMILES string of the molecule is COc1ccc(CNC(CCO)C2CCCCC2)cc1C#N. The summed E-state index contributed by atoms with van der Waals surface area (Å²) in [6.07, 6.45) is 7.25. The molecule has 1 aliphatic rings. The number of nitrogens with zero attached hydrogens (tertiary/aromatic N) is 1. The van der Waals surface area contributed by atoms with Crippen LogP contribution in [0.2, 0.25) is 0 Å². The number of hydrogen-bond donors (Lipinski definition) is 2. The summed E-state index contributed by atoms with van der Waals surface area (Å²) in [4.78, 5) is 0. The first-order valence-electron chi connectivity index (χ1n) is 8.19. The average Bonchev–Trinajstić information content (AvgIpc) is 2.59. The van der Waals surface area contributed by atoms with Crippen molar-refractivity contribution in [3.05, 3.63) is 29.3 Å². The van der Waals surface area contributed by atoms with Crippen LogP contribution in [0.4, 0.5) is 0 Å². The Morgan fingerprint density at radius 2 is 2.14 bits per heavy atom. The summed E-state index contributed by atoms with van der Waals surface area (Å²) in [6.45, 7) is 0.945. The van der Waals surface area contributed by atoms with Gasteiger partial charge in [-0.25, -0.2) is 0 Å². The maximum Gasteiger partial charge on any atom is 0.136 e. The van der Waals surface area contributed by atoms with Gasteiger partial charge < -0.3 is 15.2 Å². The first kappa shape index (κ1) is 16.8. The number of benzene rings is 1. The standard InChI is InChI=1S/C18H26N2O2/c1-22-18-8-7-14(11-16(18)12-19)13-20-17(9-10-21)15-5-3-2-4-6-15/h7-8,11,15,17,20-21H,2-6,9-10,13H2,1H3. The number of methoxy groups -OCH3 is 1. The van der Waals surface area contributed by atoms with E-state index in [2.05, 4.69) is 11.4 Å². The molecule has 2 rings (SSSR count). The number of rotatable bonds is 7. The van der Waals surface area contributed by atoms with E-state index in [1.165, 1.54) is 32.1 Å². The molecule has 0 heterocycles. The van der Waals surface area contributed by atoms with Crippen LogP contribution in [-0.2, 0) is 6.54 Å². The number of nitriles is 1. The molecule has 0 amide bonds. The van der Waals surface area contributed by atoms with E-state index in [1.54, 1.807) is 7.11 Å². The maximum absolute atomic E-state index is 9.32. The second kappa shape index (κ2) is 8.77. The van der Waals surface area contributed by atoms with Crippen LogP contribution in [0, 0.1) is 17.2 Å². The van der Waals surface area contributed by atoms with E-state index in [-0.39, 0.29) is 6.61 Å². The summed E-state index contributed by atoms with van der Waals surface area (Å²) in [5.41, 5.74) is 1.65. The molecule has 0 spiro atoms. The highest BCUT2D eigenvalue weighted by Crippen LogP contribution is 2.28. The molecule has 4 nitrogen and oxygen atoms in total. The minimum atomic E-state index is 0.222. The van der Waals surface area contributed by atoms with Crippen LogP contribution in [0.1, 0.15) is 49.7 Å². The Kier molecular flexibility index (Phi) is 6.70. The van der Waals surface area contributed by atoms with Gasteiger partial charge in [0.15, 0.2) is 0 Å². The lowest BCUT2D eigenvalue weighted by atomic mass is 9.82. The van der Waals surface area contributed by atoms with Gasteiger partial charge in [0.25, 0.3) is 0 Å². The molecule has 1 aliphatic carbocycles. The van der Waals surface area contributed by atoms with Crippen LogP contribution in [-0.4, -0.2) is 24.9 Å². The zero-order valence-electron chi connectivity index (χ0n) is 13.3. The largest absolute Gasteiger partial charge is 0.495 e. The van der Waals surface area contributed by atoms with Gasteiger partial charge in [-0.05, 0) is 42.9 Å². The Balaban J connectivity index is 1.98. The molecule has 1 saturated carbocycles. The van der Waals surface area contributed by atoms with E-state index in [0.717, 1.165) is 18.5 Å². The van der Waals surface area contributed by atoms with Crippen molar-refractivity contribution in [3.8, 4) is 11.8 Å². The van der Waals surface area contributed by atoms with Crippen molar-refractivity contribution >= 4 is 0 Å². The fraction of sp³-hybridized carbons (Fsp3) is 0.611. The molecule has 22 heavy (non-hydrogen) atoms. The van der Waals surface area contributed by atoms with Gasteiger partial charge in [0, 0.05) is 19.2 Å². The van der Waals surface area contributed by atoms with E-state index in [0.29, 0.717) is 23.3 Å². The average molecular weight is 302 g/mol. The summed E-state index contributed by atoms with van der Waals surface area (Å²) < 4.78 is 5.17. The Labute approximate surface area is 133 Å². The molecule has 0 aliphatic heterocycles. The van der Waals surface area contributed by atoms with Gasteiger partial charge in [0.2, 0.25) is 0 Å². The third-order valence-electron chi connectivity index (χ3n) is 4.61. The fourth-order valence-corrected chi connectivity index (χ4v) is 3.38. The van der Waals surface area contributed by atoms with Crippen LogP contribution in [0.3, 0.4) is 0 Å². The number of nitrogens with one attached hydrogen (secondary N) is 1. The Bertz CT molecular complexity index is 504. The zero-order chi connectivity index (χ0) is 15.8. The Morgan fingerprint density at radius 1 is 1.36 bits per heavy atom. The molecule has 120 valence electrons. The summed E-state index contributed by atoms with van der Waals surface area (Å²) in [7, 11) is 1.58. The highest BCUT2D eigenvalue weighted by molar-refractivity contribution is 5.45. The predicted octanol–water partition coefficient (Wildman–Crippen LogP) is 2.99. The molecule has 0 saturated heterocycles. The van der Waals surface area contributed by atoms with Crippen molar-refractivity contribution in [3.63, 3.8) is 0 Å². The molecule has 1 atom stereocenters. The molecule has 1 aromatic carbocycles. The van der Waals surface area contributed by atoms with Crippen molar-refractivity contribution in [2.75, 3.05) is 13.7 Å². The van der Waals surface area contributed by atoms with E-state index >= 15 is 0 Å². The first-order chi connectivity index (χ1) is 10.8. The van der Waals surface area contributed by atoms with E-state index in [9.17, 15) is 5.11 Å². The first-order valence-corrected chi connectivity index (χ1v) is 8.19. The molecule has 1 fully saturated rings. The number of aliphatic hydroxyl groups is 1. The quantitative estimate of drug-likeness (QED) is 0.812. The number of hydrogen-bond acceptors (Lipinski definition) is 4. The van der Waals surface area contributed by atoms with Gasteiger partial charge in [-0.15, -0.1) is 0 Å². The minimum absolute atomic E-state index is 0.222. The van der Waals surface area contributed by atoms with Gasteiger partial charge in [0.1, 0.15) is 11.8 Å². The minimum Gasteiger partial charge on any atom is -0.495 e. The second-order valence-corrected chi connectivity index (χ2v) is 6.04. The molecule has 0 radical (unpaired) electrons. The third kappa shape index (κ3) is 4.46. The lowest BCUT2D eigenvalue weighted by Crippen LogP contribution is -2.37. The topological polar surface area (TPSA) is 65.3 Å². The molecule has 1 unspecified atom stereocenters. The fourth-order valence-electron chi connectivity index (χ4n) is 3.38. The summed E-state index contributed by atoms with van der Waals surface area (Å²) in [5.74, 6) is 1.28. The van der Waals surface area contributed by atoms with Gasteiger partial charge in [-0.1, -0.05) is 25.3 Å². The summed E-state index contributed by atoms with van der Waals surface area (Å²) in [6, 6.07) is 8.24. The van der Waals surface area contributed by atoms with Gasteiger partial charge in [-0.2, -0.15) is 5.26 Å². The van der Waals surface area contributed by atoms with Gasteiger partial charge in [-0.3, -0.25) is 0 Å². The van der Waals surface area contributed by atoms with Crippen molar-refractivity contribution in [1.82, 2.24) is 5.32 Å². The van der Waals surface area contributed by atoms with Crippen LogP contribution >= 0.6 is 0 Å². The highest BCUT2D eigenvalue weighted by atomic mass is 16.5. The third-order valence-corrected chi connectivity index (χ3v) is 4.61. The van der Waals surface area contributed by atoms with Crippen LogP contribution in [0.5, 0.6) is 5.75 Å². The van der Waals surface area contributed by atoms with Crippen molar-refractivity contribution in [1.29, 1.82) is 5.26 Å². The molecule has 0 aromatic heterocycles. The lowest BCUT2D eigenvalue weighted by Gasteiger charge is -2.31. The van der Waals surface area contributed by atoms with E-state index < -0.39 is 0 Å². The van der Waals surface area contributed by atoms with Crippen molar-refractivity contribution in [2.45, 2.75) is 51.1 Å². The van der Waals surface area contributed by atoms with Gasteiger partial charge in [0.05, 0.1) is 12.7 Å². The molecule has 1 aromatic rings. The lowest BCUT2D eigenvalue weighted by molar-refractivity contribution is 0.205. The molecule has 2 N–H and O–H groups in total.